The number of amides is 1. The van der Waals surface area contributed by atoms with Crippen LogP contribution in [-0.4, -0.2) is 46.1 Å². The number of nitrogens with zero attached hydrogens (tertiary/aromatic N) is 3. The minimum absolute atomic E-state index is 0.0649. The lowest BCUT2D eigenvalue weighted by atomic mass is 9.98. The lowest BCUT2D eigenvalue weighted by molar-refractivity contribution is 0.143. The van der Waals surface area contributed by atoms with E-state index in [4.69, 9.17) is 4.74 Å². The van der Waals surface area contributed by atoms with E-state index in [0.29, 0.717) is 43.6 Å². The third kappa shape index (κ3) is 4.30. The van der Waals surface area contributed by atoms with Gasteiger partial charge in [0.1, 0.15) is 18.3 Å². The van der Waals surface area contributed by atoms with Gasteiger partial charge in [0.15, 0.2) is 0 Å². The Morgan fingerprint density at radius 1 is 1.03 bits per heavy atom. The van der Waals surface area contributed by atoms with Crippen LogP contribution in [-0.2, 0) is 11.2 Å². The molecule has 1 aliphatic carbocycles. The van der Waals surface area contributed by atoms with Crippen molar-refractivity contribution in [2.24, 2.45) is 0 Å². The van der Waals surface area contributed by atoms with Gasteiger partial charge in [-0.05, 0) is 47.9 Å². The van der Waals surface area contributed by atoms with Gasteiger partial charge in [-0.2, -0.15) is 0 Å². The van der Waals surface area contributed by atoms with Crippen molar-refractivity contribution in [2.75, 3.05) is 13.2 Å². The van der Waals surface area contributed by atoms with Crippen molar-refractivity contribution in [3.8, 4) is 11.1 Å². The number of hydrogen-bond donors (Lipinski definition) is 2. The molecule has 6 rings (SSSR count). The van der Waals surface area contributed by atoms with Gasteiger partial charge < -0.3 is 19.9 Å². The van der Waals surface area contributed by atoms with E-state index in [2.05, 4.69) is 75.6 Å². The van der Waals surface area contributed by atoms with Crippen LogP contribution in [0.15, 0.2) is 48.5 Å². The molecule has 3 aromatic rings. The van der Waals surface area contributed by atoms with Gasteiger partial charge in [-0.25, -0.2) is 4.79 Å². The number of fused-ring (bicyclic) bond motifs is 5. The van der Waals surface area contributed by atoms with Crippen LogP contribution in [0.4, 0.5) is 4.79 Å². The van der Waals surface area contributed by atoms with Gasteiger partial charge in [0.2, 0.25) is 0 Å². The zero-order valence-corrected chi connectivity index (χ0v) is 21.1. The molecule has 1 aromatic heterocycles. The van der Waals surface area contributed by atoms with Crippen LogP contribution < -0.4 is 10.6 Å². The van der Waals surface area contributed by atoms with Gasteiger partial charge in [-0.15, -0.1) is 10.2 Å². The van der Waals surface area contributed by atoms with Crippen molar-refractivity contribution in [3.05, 3.63) is 71.3 Å². The fourth-order valence-corrected chi connectivity index (χ4v) is 6.46. The smallest absolute Gasteiger partial charge is 0.407 e. The summed E-state index contributed by atoms with van der Waals surface area (Å²) in [5.74, 6) is 2.39. The summed E-state index contributed by atoms with van der Waals surface area (Å²) in [6.07, 6.45) is 5.04. The van der Waals surface area contributed by atoms with Gasteiger partial charge in [-0.3, -0.25) is 0 Å². The summed E-state index contributed by atoms with van der Waals surface area (Å²) in [5, 5.41) is 15.8. The Morgan fingerprint density at radius 2 is 1.67 bits per heavy atom. The summed E-state index contributed by atoms with van der Waals surface area (Å²) in [6, 6.07) is 18.4. The summed E-state index contributed by atoms with van der Waals surface area (Å²) in [6.45, 7) is 5.15. The second kappa shape index (κ2) is 9.69. The number of carbonyl (C=O) groups excluding carboxylic acids is 1. The zero-order chi connectivity index (χ0) is 24.6. The van der Waals surface area contributed by atoms with Crippen molar-refractivity contribution in [2.45, 2.75) is 75.9 Å². The predicted octanol–water partition coefficient (Wildman–Crippen LogP) is 4.94. The molecule has 2 unspecified atom stereocenters. The molecular weight excluding hydrogens is 450 g/mol. The first-order chi connectivity index (χ1) is 17.6. The van der Waals surface area contributed by atoms with Gasteiger partial charge in [-0.1, -0.05) is 62.4 Å². The van der Waals surface area contributed by atoms with Crippen LogP contribution >= 0.6 is 0 Å². The van der Waals surface area contributed by atoms with Crippen molar-refractivity contribution >= 4 is 6.09 Å². The van der Waals surface area contributed by atoms with Crippen molar-refractivity contribution < 1.29 is 9.53 Å². The highest BCUT2D eigenvalue weighted by atomic mass is 16.5. The number of carbonyl (C=O) groups is 1. The molecule has 3 heterocycles. The van der Waals surface area contributed by atoms with Crippen LogP contribution in [0.5, 0.6) is 0 Å². The quantitative estimate of drug-likeness (QED) is 0.496. The largest absolute Gasteiger partial charge is 0.449 e. The number of rotatable bonds is 7. The summed E-state index contributed by atoms with van der Waals surface area (Å²) < 4.78 is 8.07. The summed E-state index contributed by atoms with van der Waals surface area (Å²) in [5.41, 5.74) is 4.90. The van der Waals surface area contributed by atoms with Gasteiger partial charge in [0.25, 0.3) is 0 Å². The monoisotopic (exact) mass is 485 g/mol. The maximum Gasteiger partial charge on any atom is 0.407 e. The number of aromatic nitrogens is 3. The van der Waals surface area contributed by atoms with Gasteiger partial charge in [0, 0.05) is 42.9 Å². The van der Waals surface area contributed by atoms with Crippen LogP contribution in [0.25, 0.3) is 11.1 Å². The highest BCUT2D eigenvalue weighted by molar-refractivity contribution is 5.79. The summed E-state index contributed by atoms with van der Waals surface area (Å²) >= 11 is 0. The SMILES string of the molecule is CC(C)c1nnc(CCNC(=O)OCC2c3ccccc3-c3ccccc32)n1C1CC2CCC(C1)N2. The van der Waals surface area contributed by atoms with E-state index in [1.165, 1.54) is 35.1 Å². The lowest BCUT2D eigenvalue weighted by Gasteiger charge is -2.32. The third-order valence-corrected chi connectivity index (χ3v) is 8.08. The lowest BCUT2D eigenvalue weighted by Crippen LogP contribution is -2.39. The van der Waals surface area contributed by atoms with Crippen molar-refractivity contribution in [1.82, 2.24) is 25.4 Å². The first kappa shape index (κ1) is 23.2. The molecule has 1 amide bonds. The van der Waals surface area contributed by atoms with Gasteiger partial charge >= 0.3 is 6.09 Å². The summed E-state index contributed by atoms with van der Waals surface area (Å²) in [7, 11) is 0. The van der Waals surface area contributed by atoms with E-state index in [1.807, 2.05) is 12.1 Å². The molecule has 0 saturated carbocycles. The van der Waals surface area contributed by atoms with Gasteiger partial charge in [0.05, 0.1) is 0 Å². The van der Waals surface area contributed by atoms with E-state index < -0.39 is 0 Å². The Labute approximate surface area is 212 Å². The average molecular weight is 486 g/mol. The molecule has 2 saturated heterocycles. The number of ether oxygens (including phenoxy) is 1. The standard InChI is InChI=1S/C29H35N5O2/c1-18(2)28-33-32-27(34(28)21-15-19-11-12-20(16-21)31-19)13-14-30-29(35)36-17-26-24-9-5-3-7-22(24)23-8-4-6-10-25(23)26/h3-10,18-21,26,31H,11-17H2,1-2H3,(H,30,35). The fourth-order valence-electron chi connectivity index (χ4n) is 6.46. The van der Waals surface area contributed by atoms with E-state index >= 15 is 0 Å². The fraction of sp³-hybridized carbons (Fsp3) is 0.483. The van der Waals surface area contributed by atoms with E-state index in [0.717, 1.165) is 24.5 Å². The molecule has 2 atom stereocenters. The minimum atomic E-state index is -0.382. The van der Waals surface area contributed by atoms with Crippen LogP contribution in [0.3, 0.4) is 0 Å². The van der Waals surface area contributed by atoms with E-state index in [-0.39, 0.29) is 12.0 Å². The van der Waals surface area contributed by atoms with E-state index in [1.54, 1.807) is 0 Å². The average Bonchev–Trinajstić information content (AvgIpc) is 3.56. The highest BCUT2D eigenvalue weighted by Gasteiger charge is 2.36. The maximum absolute atomic E-state index is 12.6. The Kier molecular flexibility index (Phi) is 6.25. The second-order valence-electron chi connectivity index (χ2n) is 10.8. The molecular formula is C29H35N5O2. The van der Waals surface area contributed by atoms with Crippen LogP contribution in [0.2, 0.25) is 0 Å². The minimum Gasteiger partial charge on any atom is -0.449 e. The molecule has 188 valence electrons. The number of alkyl carbamates (subject to hydrolysis) is 1. The molecule has 0 spiro atoms. The van der Waals surface area contributed by atoms with Crippen molar-refractivity contribution in [3.63, 3.8) is 0 Å². The molecule has 2 fully saturated rings. The molecule has 3 aliphatic rings. The number of piperidine rings is 1. The summed E-state index contributed by atoms with van der Waals surface area (Å²) in [4.78, 5) is 12.6. The second-order valence-corrected chi connectivity index (χ2v) is 10.8. The van der Waals surface area contributed by atoms with Crippen LogP contribution in [0.1, 0.15) is 80.2 Å². The first-order valence-electron chi connectivity index (χ1n) is 13.4. The number of nitrogens with one attached hydrogen (secondary N) is 2. The molecule has 2 aliphatic heterocycles. The third-order valence-electron chi connectivity index (χ3n) is 8.08. The predicted molar refractivity (Wildman–Crippen MR) is 139 cm³/mol. The molecule has 7 heteroatoms. The maximum atomic E-state index is 12.6. The van der Waals surface area contributed by atoms with Crippen LogP contribution in [0, 0.1) is 0 Å². The molecule has 2 bridgehead atoms. The Hall–Kier alpha value is -3.19. The highest BCUT2D eigenvalue weighted by Crippen LogP contribution is 2.44. The number of hydrogen-bond acceptors (Lipinski definition) is 5. The first-order valence-corrected chi connectivity index (χ1v) is 13.4. The molecule has 0 radical (unpaired) electrons. The normalized spacial score (nSPS) is 22.5. The topological polar surface area (TPSA) is 81.1 Å². The van der Waals surface area contributed by atoms with E-state index in [9.17, 15) is 4.79 Å². The van der Waals surface area contributed by atoms with Crippen molar-refractivity contribution in [1.29, 1.82) is 0 Å². The number of benzene rings is 2. The Morgan fingerprint density at radius 3 is 2.31 bits per heavy atom. The zero-order valence-electron chi connectivity index (χ0n) is 21.1. The Balaban J connectivity index is 1.08. The molecule has 7 nitrogen and oxygen atoms in total. The molecule has 2 N–H and O–H groups in total. The molecule has 2 aromatic carbocycles. The Bertz CT molecular complexity index is 1190. The molecule has 36 heavy (non-hydrogen) atoms.